The topological polar surface area (TPSA) is 46.5 Å². The van der Waals surface area contributed by atoms with Crippen molar-refractivity contribution in [1.82, 2.24) is 0 Å². The van der Waals surface area contributed by atoms with Crippen molar-refractivity contribution in [3.8, 4) is 0 Å². The fraction of sp³-hybridized carbons (Fsp3) is 0.667. The summed E-state index contributed by atoms with van der Waals surface area (Å²) in [6.45, 7) is 7.88. The number of rotatable bonds is 4. The molecule has 1 N–H and O–H groups in total. The molecule has 102 valence electrons. The smallest absolute Gasteiger partial charge is 0.330 e. The van der Waals surface area contributed by atoms with Gasteiger partial charge in [0.15, 0.2) is 0 Å². The molecule has 0 aromatic rings. The molecule has 2 atom stereocenters. The van der Waals surface area contributed by atoms with Gasteiger partial charge < -0.3 is 9.84 Å². The summed E-state index contributed by atoms with van der Waals surface area (Å²) in [6, 6.07) is 0. The van der Waals surface area contributed by atoms with Crippen LogP contribution in [0, 0.1) is 5.41 Å². The van der Waals surface area contributed by atoms with Gasteiger partial charge in [0.1, 0.15) is 0 Å². The van der Waals surface area contributed by atoms with Crippen molar-refractivity contribution < 1.29 is 14.6 Å². The highest BCUT2D eigenvalue weighted by Gasteiger charge is 2.43. The summed E-state index contributed by atoms with van der Waals surface area (Å²) in [5.74, 6) is -0.352. The summed E-state index contributed by atoms with van der Waals surface area (Å²) in [4.78, 5) is 11.4. The maximum atomic E-state index is 11.4. The first-order valence-corrected chi connectivity index (χ1v) is 6.69. The van der Waals surface area contributed by atoms with Crippen LogP contribution in [0.3, 0.4) is 0 Å². The summed E-state index contributed by atoms with van der Waals surface area (Å²) in [5.41, 5.74) is -1.38. The Kier molecular flexibility index (Phi) is 5.15. The molecule has 1 aliphatic rings. The van der Waals surface area contributed by atoms with Crippen LogP contribution >= 0.6 is 0 Å². The van der Waals surface area contributed by atoms with Gasteiger partial charge in [0.25, 0.3) is 0 Å². The van der Waals surface area contributed by atoms with Crippen molar-refractivity contribution in [2.75, 3.05) is 6.61 Å². The number of aliphatic hydroxyl groups is 1. The third-order valence-electron chi connectivity index (χ3n) is 3.95. The molecular formula is C15H24O3. The van der Waals surface area contributed by atoms with E-state index in [4.69, 9.17) is 4.74 Å². The molecule has 0 aromatic carbocycles. The van der Waals surface area contributed by atoms with E-state index in [1.807, 2.05) is 6.92 Å². The first-order chi connectivity index (χ1) is 8.47. The molecule has 3 nitrogen and oxygen atoms in total. The van der Waals surface area contributed by atoms with Gasteiger partial charge in [-0.05, 0) is 19.8 Å². The lowest BCUT2D eigenvalue weighted by molar-refractivity contribution is -0.137. The standard InChI is InChI=1S/C15H24O3/c1-4-15(17)11-8-6-7-10-14(15,3)12-9-13(16)18-5-2/h4,9,12,17H,1,5-8,10-11H2,2-3H3/b12-9+. The Hall–Kier alpha value is -1.09. The molecule has 0 radical (unpaired) electrons. The van der Waals surface area contributed by atoms with Crippen LogP contribution in [-0.4, -0.2) is 23.3 Å². The fourth-order valence-corrected chi connectivity index (χ4v) is 2.57. The maximum Gasteiger partial charge on any atom is 0.330 e. The lowest BCUT2D eigenvalue weighted by Crippen LogP contribution is -2.42. The van der Waals surface area contributed by atoms with E-state index in [0.29, 0.717) is 13.0 Å². The molecule has 1 saturated carbocycles. The van der Waals surface area contributed by atoms with Gasteiger partial charge in [-0.2, -0.15) is 0 Å². The normalized spacial score (nSPS) is 33.1. The van der Waals surface area contributed by atoms with E-state index in [0.717, 1.165) is 25.7 Å². The maximum absolute atomic E-state index is 11.4. The van der Waals surface area contributed by atoms with Crippen molar-refractivity contribution in [2.24, 2.45) is 5.41 Å². The van der Waals surface area contributed by atoms with Crippen LogP contribution in [-0.2, 0) is 9.53 Å². The monoisotopic (exact) mass is 252 g/mol. The lowest BCUT2D eigenvalue weighted by atomic mass is 9.69. The zero-order valence-electron chi connectivity index (χ0n) is 11.4. The Labute approximate surface area is 110 Å². The zero-order chi connectivity index (χ0) is 13.6. The second-order valence-corrected chi connectivity index (χ2v) is 5.19. The van der Waals surface area contributed by atoms with Crippen LogP contribution in [0.2, 0.25) is 0 Å². The van der Waals surface area contributed by atoms with E-state index in [-0.39, 0.29) is 5.97 Å². The van der Waals surface area contributed by atoms with E-state index in [2.05, 4.69) is 6.58 Å². The molecule has 1 aliphatic carbocycles. The quantitative estimate of drug-likeness (QED) is 0.362. The Morgan fingerprint density at radius 2 is 2.06 bits per heavy atom. The van der Waals surface area contributed by atoms with E-state index in [9.17, 15) is 9.90 Å². The SMILES string of the molecule is C=CC1(O)CCCCCC1(C)/C=C/C(=O)OCC. The highest BCUT2D eigenvalue weighted by Crippen LogP contribution is 2.44. The van der Waals surface area contributed by atoms with Crippen LogP contribution < -0.4 is 0 Å². The van der Waals surface area contributed by atoms with Crippen molar-refractivity contribution in [2.45, 2.75) is 51.6 Å². The predicted molar refractivity (Wildman–Crippen MR) is 72.1 cm³/mol. The third-order valence-corrected chi connectivity index (χ3v) is 3.95. The third kappa shape index (κ3) is 3.22. The number of hydrogen-bond acceptors (Lipinski definition) is 3. The van der Waals surface area contributed by atoms with Gasteiger partial charge in [0, 0.05) is 11.5 Å². The van der Waals surface area contributed by atoms with Crippen LogP contribution in [0.1, 0.15) is 46.0 Å². The second kappa shape index (κ2) is 6.19. The first kappa shape index (κ1) is 15.0. The van der Waals surface area contributed by atoms with Crippen LogP contribution in [0.5, 0.6) is 0 Å². The van der Waals surface area contributed by atoms with Crippen molar-refractivity contribution >= 4 is 5.97 Å². The minimum atomic E-state index is -0.938. The fourth-order valence-electron chi connectivity index (χ4n) is 2.57. The number of carbonyl (C=O) groups excluding carboxylic acids is 1. The minimum Gasteiger partial charge on any atom is -0.463 e. The van der Waals surface area contributed by atoms with Gasteiger partial charge in [0.2, 0.25) is 0 Å². The Morgan fingerprint density at radius 1 is 1.39 bits per heavy atom. The molecule has 0 aromatic heterocycles. The van der Waals surface area contributed by atoms with Gasteiger partial charge in [-0.3, -0.25) is 0 Å². The van der Waals surface area contributed by atoms with Crippen LogP contribution in [0.4, 0.5) is 0 Å². The molecular weight excluding hydrogens is 228 g/mol. The van der Waals surface area contributed by atoms with Gasteiger partial charge in [-0.15, -0.1) is 6.58 Å². The molecule has 0 amide bonds. The molecule has 18 heavy (non-hydrogen) atoms. The molecule has 0 aliphatic heterocycles. The Balaban J connectivity index is 2.90. The molecule has 0 bridgehead atoms. The van der Waals surface area contributed by atoms with Crippen molar-refractivity contribution in [3.05, 3.63) is 24.8 Å². The van der Waals surface area contributed by atoms with Gasteiger partial charge in [0.05, 0.1) is 12.2 Å². The summed E-state index contributed by atoms with van der Waals surface area (Å²) >= 11 is 0. The molecule has 0 saturated heterocycles. The van der Waals surface area contributed by atoms with E-state index in [1.165, 1.54) is 6.08 Å². The number of hydrogen-bond donors (Lipinski definition) is 1. The molecule has 1 rings (SSSR count). The predicted octanol–water partition coefficient (Wildman–Crippen LogP) is 2.99. The average molecular weight is 252 g/mol. The summed E-state index contributed by atoms with van der Waals surface area (Å²) in [6.07, 6.45) is 9.55. The molecule has 2 unspecified atom stereocenters. The first-order valence-electron chi connectivity index (χ1n) is 6.69. The summed E-state index contributed by atoms with van der Waals surface area (Å²) in [7, 11) is 0. The zero-order valence-corrected chi connectivity index (χ0v) is 11.4. The summed E-state index contributed by atoms with van der Waals surface area (Å²) < 4.78 is 4.88. The molecule has 0 spiro atoms. The minimum absolute atomic E-state index is 0.352. The van der Waals surface area contributed by atoms with Gasteiger partial charge >= 0.3 is 5.97 Å². The van der Waals surface area contributed by atoms with Crippen molar-refractivity contribution in [3.63, 3.8) is 0 Å². The van der Waals surface area contributed by atoms with Crippen LogP contribution in [0.25, 0.3) is 0 Å². The number of carbonyl (C=O) groups is 1. The highest BCUT2D eigenvalue weighted by molar-refractivity contribution is 5.82. The lowest BCUT2D eigenvalue weighted by Gasteiger charge is -2.40. The number of ether oxygens (including phenoxy) is 1. The van der Waals surface area contributed by atoms with Crippen LogP contribution in [0.15, 0.2) is 24.8 Å². The van der Waals surface area contributed by atoms with E-state index in [1.54, 1.807) is 19.1 Å². The number of esters is 1. The Bertz CT molecular complexity index is 335. The molecule has 3 heteroatoms. The molecule has 0 heterocycles. The largest absolute Gasteiger partial charge is 0.463 e. The van der Waals surface area contributed by atoms with E-state index < -0.39 is 11.0 Å². The summed E-state index contributed by atoms with van der Waals surface area (Å²) in [5, 5.41) is 10.7. The highest BCUT2D eigenvalue weighted by atomic mass is 16.5. The second-order valence-electron chi connectivity index (χ2n) is 5.19. The van der Waals surface area contributed by atoms with Gasteiger partial charge in [-0.25, -0.2) is 4.79 Å². The molecule has 1 fully saturated rings. The van der Waals surface area contributed by atoms with Gasteiger partial charge in [-0.1, -0.05) is 38.3 Å². The van der Waals surface area contributed by atoms with E-state index >= 15 is 0 Å². The Morgan fingerprint density at radius 3 is 2.67 bits per heavy atom. The van der Waals surface area contributed by atoms with Crippen molar-refractivity contribution in [1.29, 1.82) is 0 Å². The average Bonchev–Trinajstić information content (AvgIpc) is 2.49.